The van der Waals surface area contributed by atoms with E-state index in [-0.39, 0.29) is 17.2 Å². The zero-order valence-corrected chi connectivity index (χ0v) is 16.1. The molecule has 2 heterocycles. The van der Waals surface area contributed by atoms with Gasteiger partial charge in [-0.3, -0.25) is 9.69 Å². The van der Waals surface area contributed by atoms with Crippen molar-refractivity contribution in [3.05, 3.63) is 52.2 Å². The molecule has 2 aliphatic rings. The molecule has 26 heavy (non-hydrogen) atoms. The molecule has 1 saturated heterocycles. The quantitative estimate of drug-likeness (QED) is 0.843. The van der Waals surface area contributed by atoms with Crippen LogP contribution in [-0.4, -0.2) is 31.0 Å². The normalized spacial score (nSPS) is 21.5. The van der Waals surface area contributed by atoms with Gasteiger partial charge in [-0.05, 0) is 55.3 Å². The molecular weight excluding hydrogens is 344 g/mol. The van der Waals surface area contributed by atoms with Gasteiger partial charge in [0, 0.05) is 22.9 Å². The van der Waals surface area contributed by atoms with Crippen molar-refractivity contribution in [2.24, 2.45) is 11.3 Å². The Kier molecular flexibility index (Phi) is 5.00. The van der Waals surface area contributed by atoms with Gasteiger partial charge in [-0.2, -0.15) is 0 Å². The molecule has 1 amide bonds. The van der Waals surface area contributed by atoms with Crippen LogP contribution in [0.4, 0.5) is 0 Å². The summed E-state index contributed by atoms with van der Waals surface area (Å²) in [6, 6.07) is 12.3. The largest absolute Gasteiger partial charge is 0.496 e. The summed E-state index contributed by atoms with van der Waals surface area (Å²) in [5.41, 5.74) is 1.50. The van der Waals surface area contributed by atoms with Gasteiger partial charge in [0.05, 0.1) is 13.7 Å². The molecule has 0 radical (unpaired) electrons. The second-order valence-electron chi connectivity index (χ2n) is 7.50. The third kappa shape index (κ3) is 3.64. The molecule has 1 unspecified atom stereocenters. The third-order valence-electron chi connectivity index (χ3n) is 5.96. The van der Waals surface area contributed by atoms with Crippen molar-refractivity contribution in [2.75, 3.05) is 20.2 Å². The Morgan fingerprint density at radius 3 is 2.81 bits per heavy atom. The molecule has 1 N–H and O–H groups in total. The van der Waals surface area contributed by atoms with Crippen molar-refractivity contribution in [2.45, 2.75) is 32.4 Å². The molecule has 2 fully saturated rings. The van der Waals surface area contributed by atoms with Crippen molar-refractivity contribution < 1.29 is 9.53 Å². The average Bonchev–Trinajstić information content (AvgIpc) is 3.11. The van der Waals surface area contributed by atoms with Crippen LogP contribution in [0, 0.1) is 11.3 Å². The molecule has 1 atom stereocenters. The van der Waals surface area contributed by atoms with Crippen LogP contribution in [0.25, 0.3) is 0 Å². The van der Waals surface area contributed by atoms with Gasteiger partial charge in [0.25, 0.3) is 0 Å². The van der Waals surface area contributed by atoms with E-state index in [0.717, 1.165) is 44.6 Å². The van der Waals surface area contributed by atoms with E-state index in [9.17, 15) is 4.79 Å². The lowest BCUT2D eigenvalue weighted by Gasteiger charge is -2.33. The van der Waals surface area contributed by atoms with Crippen LogP contribution in [0.2, 0.25) is 0 Å². The van der Waals surface area contributed by atoms with Crippen molar-refractivity contribution >= 4 is 17.2 Å². The second-order valence-corrected chi connectivity index (χ2v) is 8.54. The Labute approximate surface area is 159 Å². The number of nitrogens with zero attached hydrogens (tertiary/aromatic N) is 1. The highest BCUT2D eigenvalue weighted by Gasteiger charge is 2.58. The summed E-state index contributed by atoms with van der Waals surface area (Å²) < 4.78 is 5.47. The molecule has 4 nitrogen and oxygen atoms in total. The molecule has 1 aliphatic heterocycles. The summed E-state index contributed by atoms with van der Waals surface area (Å²) in [6.45, 7) is 3.72. The molecule has 0 bridgehead atoms. The topological polar surface area (TPSA) is 41.6 Å². The lowest BCUT2D eigenvalue weighted by molar-refractivity contribution is -0.123. The minimum atomic E-state index is 0.218. The van der Waals surface area contributed by atoms with E-state index >= 15 is 0 Å². The third-order valence-corrected chi connectivity index (χ3v) is 6.84. The zero-order chi connectivity index (χ0) is 18.0. The van der Waals surface area contributed by atoms with Crippen LogP contribution in [0.15, 0.2) is 41.8 Å². The van der Waals surface area contributed by atoms with E-state index in [1.54, 1.807) is 18.4 Å². The molecule has 1 aliphatic carbocycles. The fourth-order valence-electron chi connectivity index (χ4n) is 4.21. The smallest absolute Gasteiger partial charge is 0.223 e. The van der Waals surface area contributed by atoms with Gasteiger partial charge >= 0.3 is 0 Å². The van der Waals surface area contributed by atoms with Crippen LogP contribution in [0.3, 0.4) is 0 Å². The summed E-state index contributed by atoms with van der Waals surface area (Å²) in [4.78, 5) is 16.2. The number of ether oxygens (including phenoxy) is 1. The minimum absolute atomic E-state index is 0.218. The number of methoxy groups -OCH3 is 1. The maximum absolute atomic E-state index is 12.5. The first-order chi connectivity index (χ1) is 12.7. The fourth-order valence-corrected chi connectivity index (χ4v) is 4.86. The lowest BCUT2D eigenvalue weighted by Crippen LogP contribution is -2.36. The van der Waals surface area contributed by atoms with E-state index in [2.05, 4.69) is 33.8 Å². The Morgan fingerprint density at radius 2 is 2.08 bits per heavy atom. The highest BCUT2D eigenvalue weighted by Crippen LogP contribution is 2.59. The Bertz CT molecular complexity index is 751. The van der Waals surface area contributed by atoms with E-state index in [1.165, 1.54) is 10.4 Å². The molecule has 1 aromatic heterocycles. The average molecular weight is 371 g/mol. The Morgan fingerprint density at radius 1 is 1.27 bits per heavy atom. The Hall–Kier alpha value is -1.85. The molecule has 5 heteroatoms. The van der Waals surface area contributed by atoms with E-state index < -0.39 is 0 Å². The van der Waals surface area contributed by atoms with Gasteiger partial charge in [0.15, 0.2) is 0 Å². The van der Waals surface area contributed by atoms with Gasteiger partial charge in [0.2, 0.25) is 5.91 Å². The van der Waals surface area contributed by atoms with E-state index in [1.807, 2.05) is 18.2 Å². The van der Waals surface area contributed by atoms with Gasteiger partial charge in [-0.1, -0.05) is 24.3 Å². The highest BCUT2D eigenvalue weighted by molar-refractivity contribution is 7.09. The number of nitrogens with one attached hydrogen (secondary N) is 1. The summed E-state index contributed by atoms with van der Waals surface area (Å²) in [7, 11) is 1.73. The summed E-state index contributed by atoms with van der Waals surface area (Å²) in [5, 5.41) is 5.18. The zero-order valence-electron chi connectivity index (χ0n) is 15.2. The van der Waals surface area contributed by atoms with Gasteiger partial charge in [-0.15, -0.1) is 11.3 Å². The van der Waals surface area contributed by atoms with Crippen LogP contribution in [0.5, 0.6) is 5.75 Å². The first-order valence-electron chi connectivity index (χ1n) is 9.34. The summed E-state index contributed by atoms with van der Waals surface area (Å²) in [5.74, 6) is 1.43. The Balaban J connectivity index is 1.27. The molecule has 1 aromatic carbocycles. The fraction of sp³-hybridized carbons (Fsp3) is 0.476. The maximum Gasteiger partial charge on any atom is 0.223 e. The van der Waals surface area contributed by atoms with Gasteiger partial charge in [-0.25, -0.2) is 0 Å². The number of hydrogen-bond acceptors (Lipinski definition) is 4. The van der Waals surface area contributed by atoms with Gasteiger partial charge < -0.3 is 10.1 Å². The number of rotatable bonds is 6. The number of para-hydroxylation sites is 1. The van der Waals surface area contributed by atoms with E-state index in [0.29, 0.717) is 6.54 Å². The number of hydrogen-bond donors (Lipinski definition) is 1. The molecule has 4 rings (SSSR count). The maximum atomic E-state index is 12.5. The van der Waals surface area contributed by atoms with Crippen molar-refractivity contribution in [1.29, 1.82) is 0 Å². The molecule has 1 spiro atoms. The monoisotopic (exact) mass is 370 g/mol. The minimum Gasteiger partial charge on any atom is -0.496 e. The van der Waals surface area contributed by atoms with Crippen LogP contribution in [0.1, 0.15) is 29.7 Å². The van der Waals surface area contributed by atoms with Crippen LogP contribution < -0.4 is 10.1 Å². The number of carbonyl (C=O) groups is 1. The van der Waals surface area contributed by atoms with Crippen molar-refractivity contribution in [1.82, 2.24) is 10.2 Å². The number of benzene rings is 1. The second kappa shape index (κ2) is 7.41. The number of likely N-dealkylation sites (tertiary alicyclic amines) is 1. The molecule has 138 valence electrons. The van der Waals surface area contributed by atoms with Crippen LogP contribution >= 0.6 is 11.3 Å². The van der Waals surface area contributed by atoms with E-state index in [4.69, 9.17) is 4.74 Å². The standard InChI is InChI=1S/C21H26N2O2S/c1-25-19-7-3-2-5-16(19)15-23-10-8-21(9-11-23)13-18(21)20(24)22-14-17-6-4-12-26-17/h2-7,12,18H,8-11,13-15H2,1H3,(H,22,24). The SMILES string of the molecule is COc1ccccc1CN1CCC2(CC1)CC2C(=O)NCc1cccs1. The van der Waals surface area contributed by atoms with Crippen LogP contribution in [-0.2, 0) is 17.9 Å². The number of thiophene rings is 1. The number of carbonyl (C=O) groups excluding carboxylic acids is 1. The first-order valence-corrected chi connectivity index (χ1v) is 10.2. The van der Waals surface area contributed by atoms with Crippen molar-refractivity contribution in [3.8, 4) is 5.75 Å². The first kappa shape index (κ1) is 17.6. The molecule has 1 saturated carbocycles. The number of piperidine rings is 1. The van der Waals surface area contributed by atoms with Crippen molar-refractivity contribution in [3.63, 3.8) is 0 Å². The predicted molar refractivity (Wildman–Crippen MR) is 104 cm³/mol. The number of amides is 1. The highest BCUT2D eigenvalue weighted by atomic mass is 32.1. The molecular formula is C21H26N2O2S. The predicted octanol–water partition coefficient (Wildman–Crippen LogP) is 3.68. The lowest BCUT2D eigenvalue weighted by atomic mass is 9.90. The summed E-state index contributed by atoms with van der Waals surface area (Å²) in [6.07, 6.45) is 3.31. The molecule has 2 aromatic rings. The van der Waals surface area contributed by atoms with Gasteiger partial charge in [0.1, 0.15) is 5.75 Å². The summed E-state index contributed by atoms with van der Waals surface area (Å²) >= 11 is 1.70.